The number of likely N-dealkylation sites (tertiary alicyclic amines) is 1. The maximum atomic E-state index is 12.5. The van der Waals surface area contributed by atoms with Crippen molar-refractivity contribution in [3.8, 4) is 0 Å². The number of methoxy groups -OCH3 is 1. The van der Waals surface area contributed by atoms with Gasteiger partial charge >= 0.3 is 0 Å². The van der Waals surface area contributed by atoms with Crippen molar-refractivity contribution >= 4 is 11.6 Å². The molecule has 2 heterocycles. The SMILES string of the molecule is COCC1CCCN(C(=O)c2cc(N)cnc2C)C1. The lowest BCUT2D eigenvalue weighted by atomic mass is 9.98. The molecule has 1 aromatic heterocycles. The number of rotatable bonds is 3. The summed E-state index contributed by atoms with van der Waals surface area (Å²) in [7, 11) is 1.70. The largest absolute Gasteiger partial charge is 0.397 e. The molecular weight excluding hydrogens is 242 g/mol. The summed E-state index contributed by atoms with van der Waals surface area (Å²) in [6, 6.07) is 1.71. The number of pyridine rings is 1. The molecule has 1 aliphatic rings. The van der Waals surface area contributed by atoms with E-state index in [1.54, 1.807) is 19.4 Å². The summed E-state index contributed by atoms with van der Waals surface area (Å²) in [4.78, 5) is 18.6. The van der Waals surface area contributed by atoms with Crippen LogP contribution in [-0.2, 0) is 4.74 Å². The Hall–Kier alpha value is -1.62. The third-order valence-corrected chi connectivity index (χ3v) is 3.55. The van der Waals surface area contributed by atoms with Crippen LogP contribution in [0, 0.1) is 12.8 Å². The highest BCUT2D eigenvalue weighted by Crippen LogP contribution is 2.20. The Morgan fingerprint density at radius 2 is 2.42 bits per heavy atom. The van der Waals surface area contributed by atoms with Crippen LogP contribution in [0.2, 0.25) is 0 Å². The number of hydrogen-bond donors (Lipinski definition) is 1. The number of piperidine rings is 1. The van der Waals surface area contributed by atoms with Crippen LogP contribution in [-0.4, -0.2) is 42.6 Å². The highest BCUT2D eigenvalue weighted by Gasteiger charge is 2.25. The van der Waals surface area contributed by atoms with Crippen LogP contribution in [0.15, 0.2) is 12.3 Å². The fourth-order valence-electron chi connectivity index (χ4n) is 2.56. The van der Waals surface area contributed by atoms with Crippen molar-refractivity contribution in [3.63, 3.8) is 0 Å². The molecule has 1 aliphatic heterocycles. The van der Waals surface area contributed by atoms with Crippen molar-refractivity contribution in [3.05, 3.63) is 23.5 Å². The third-order valence-electron chi connectivity index (χ3n) is 3.55. The fraction of sp³-hybridized carbons (Fsp3) is 0.571. The molecule has 2 rings (SSSR count). The molecule has 0 radical (unpaired) electrons. The first-order valence-electron chi connectivity index (χ1n) is 6.62. The van der Waals surface area contributed by atoms with Gasteiger partial charge in [0.25, 0.3) is 5.91 Å². The Labute approximate surface area is 113 Å². The molecule has 0 aliphatic carbocycles. The Morgan fingerprint density at radius 3 is 3.16 bits per heavy atom. The van der Waals surface area contributed by atoms with Gasteiger partial charge in [-0.25, -0.2) is 0 Å². The van der Waals surface area contributed by atoms with Gasteiger partial charge in [0.1, 0.15) is 0 Å². The minimum atomic E-state index is 0.0260. The molecule has 1 saturated heterocycles. The number of ether oxygens (including phenoxy) is 1. The highest BCUT2D eigenvalue weighted by atomic mass is 16.5. The van der Waals surface area contributed by atoms with Crippen LogP contribution < -0.4 is 5.73 Å². The van der Waals surface area contributed by atoms with E-state index in [-0.39, 0.29) is 5.91 Å². The van der Waals surface area contributed by atoms with Crippen molar-refractivity contribution in [2.45, 2.75) is 19.8 Å². The molecule has 0 bridgehead atoms. The summed E-state index contributed by atoms with van der Waals surface area (Å²) >= 11 is 0. The van der Waals surface area contributed by atoms with Gasteiger partial charge in [0.15, 0.2) is 0 Å². The molecule has 0 saturated carbocycles. The number of amides is 1. The Bertz CT molecular complexity index is 460. The first-order valence-corrected chi connectivity index (χ1v) is 6.62. The van der Waals surface area contributed by atoms with Crippen LogP contribution in [0.1, 0.15) is 28.9 Å². The molecule has 1 aromatic rings. The second-order valence-corrected chi connectivity index (χ2v) is 5.12. The summed E-state index contributed by atoms with van der Waals surface area (Å²) in [6.07, 6.45) is 3.72. The van der Waals surface area contributed by atoms with Crippen LogP contribution >= 0.6 is 0 Å². The van der Waals surface area contributed by atoms with Crippen molar-refractivity contribution in [1.29, 1.82) is 0 Å². The van der Waals surface area contributed by atoms with Gasteiger partial charge < -0.3 is 15.4 Å². The number of hydrogen-bond acceptors (Lipinski definition) is 4. The molecule has 1 atom stereocenters. The molecule has 104 valence electrons. The number of nitrogens with zero attached hydrogens (tertiary/aromatic N) is 2. The summed E-state index contributed by atoms with van der Waals surface area (Å²) < 4.78 is 5.19. The standard InChI is InChI=1S/C14H21N3O2/c1-10-13(6-12(15)7-16-10)14(18)17-5-3-4-11(8-17)9-19-2/h6-7,11H,3-5,8-9,15H2,1-2H3. The lowest BCUT2D eigenvalue weighted by Crippen LogP contribution is -2.41. The van der Waals surface area contributed by atoms with E-state index in [9.17, 15) is 4.79 Å². The van der Waals surface area contributed by atoms with E-state index in [0.29, 0.717) is 23.8 Å². The first-order chi connectivity index (χ1) is 9.11. The molecule has 2 N–H and O–H groups in total. The van der Waals surface area contributed by atoms with Crippen molar-refractivity contribution < 1.29 is 9.53 Å². The summed E-state index contributed by atoms with van der Waals surface area (Å²) in [5, 5.41) is 0. The minimum absolute atomic E-state index is 0.0260. The zero-order valence-electron chi connectivity index (χ0n) is 11.6. The van der Waals surface area contributed by atoms with E-state index < -0.39 is 0 Å². The zero-order chi connectivity index (χ0) is 13.8. The number of nitrogens with two attached hydrogens (primary N) is 1. The number of aromatic nitrogens is 1. The lowest BCUT2D eigenvalue weighted by molar-refractivity contribution is 0.0570. The molecule has 1 unspecified atom stereocenters. The molecule has 0 aromatic carbocycles. The summed E-state index contributed by atoms with van der Waals surface area (Å²) in [5.74, 6) is 0.454. The molecule has 5 heteroatoms. The lowest BCUT2D eigenvalue weighted by Gasteiger charge is -2.32. The van der Waals surface area contributed by atoms with Gasteiger partial charge in [0.05, 0.1) is 29.7 Å². The maximum Gasteiger partial charge on any atom is 0.255 e. The Kier molecular flexibility index (Phi) is 4.37. The monoisotopic (exact) mass is 263 g/mol. The van der Waals surface area contributed by atoms with E-state index in [4.69, 9.17) is 10.5 Å². The molecule has 5 nitrogen and oxygen atoms in total. The number of nitrogen functional groups attached to an aromatic ring is 1. The normalized spacial score (nSPS) is 19.5. The van der Waals surface area contributed by atoms with Crippen LogP contribution in [0.4, 0.5) is 5.69 Å². The van der Waals surface area contributed by atoms with Crippen LogP contribution in [0.3, 0.4) is 0 Å². The van der Waals surface area contributed by atoms with Crippen molar-refractivity contribution in [1.82, 2.24) is 9.88 Å². The fourth-order valence-corrected chi connectivity index (χ4v) is 2.56. The van der Waals surface area contributed by atoms with E-state index in [1.807, 2.05) is 11.8 Å². The zero-order valence-corrected chi connectivity index (χ0v) is 11.6. The van der Waals surface area contributed by atoms with Gasteiger partial charge in [-0.05, 0) is 31.7 Å². The number of carbonyl (C=O) groups excluding carboxylic acids is 1. The molecule has 1 amide bonds. The smallest absolute Gasteiger partial charge is 0.255 e. The Morgan fingerprint density at radius 1 is 1.63 bits per heavy atom. The molecule has 1 fully saturated rings. The van der Waals surface area contributed by atoms with E-state index in [1.165, 1.54) is 0 Å². The van der Waals surface area contributed by atoms with Crippen molar-refractivity contribution in [2.75, 3.05) is 32.5 Å². The molecule has 19 heavy (non-hydrogen) atoms. The Balaban J connectivity index is 2.12. The maximum absolute atomic E-state index is 12.5. The van der Waals surface area contributed by atoms with E-state index in [0.717, 1.165) is 31.6 Å². The van der Waals surface area contributed by atoms with Gasteiger partial charge in [-0.15, -0.1) is 0 Å². The highest BCUT2D eigenvalue weighted by molar-refractivity contribution is 5.96. The van der Waals surface area contributed by atoms with Crippen molar-refractivity contribution in [2.24, 2.45) is 5.92 Å². The quantitative estimate of drug-likeness (QED) is 0.896. The third kappa shape index (κ3) is 3.23. The van der Waals surface area contributed by atoms with Gasteiger partial charge in [-0.2, -0.15) is 0 Å². The summed E-state index contributed by atoms with van der Waals surface area (Å²) in [6.45, 7) is 4.09. The second-order valence-electron chi connectivity index (χ2n) is 5.12. The number of anilines is 1. The van der Waals surface area contributed by atoms with E-state index >= 15 is 0 Å². The average molecular weight is 263 g/mol. The number of carbonyl (C=O) groups is 1. The van der Waals surface area contributed by atoms with Gasteiger partial charge in [-0.1, -0.05) is 0 Å². The van der Waals surface area contributed by atoms with Gasteiger partial charge in [0.2, 0.25) is 0 Å². The number of aryl methyl sites for hydroxylation is 1. The predicted molar refractivity (Wildman–Crippen MR) is 73.9 cm³/mol. The predicted octanol–water partition coefficient (Wildman–Crippen LogP) is 1.47. The van der Waals surface area contributed by atoms with Crippen LogP contribution in [0.25, 0.3) is 0 Å². The first kappa shape index (κ1) is 13.8. The molecule has 0 spiro atoms. The minimum Gasteiger partial charge on any atom is -0.397 e. The van der Waals surface area contributed by atoms with E-state index in [2.05, 4.69) is 4.98 Å². The average Bonchev–Trinajstić information content (AvgIpc) is 2.41. The van der Waals surface area contributed by atoms with Crippen LogP contribution in [0.5, 0.6) is 0 Å². The second kappa shape index (κ2) is 6.02. The van der Waals surface area contributed by atoms with Gasteiger partial charge in [0, 0.05) is 20.2 Å². The summed E-state index contributed by atoms with van der Waals surface area (Å²) in [5.41, 5.74) is 7.58. The van der Waals surface area contributed by atoms with Gasteiger partial charge in [-0.3, -0.25) is 9.78 Å². The molecular formula is C14H21N3O2. The topological polar surface area (TPSA) is 68.5 Å².